The van der Waals surface area contributed by atoms with Crippen molar-refractivity contribution in [2.24, 2.45) is 52.3 Å². The van der Waals surface area contributed by atoms with E-state index in [2.05, 4.69) is 27.7 Å². The third kappa shape index (κ3) is 3.21. The molecule has 0 amide bonds. The largest absolute Gasteiger partial charge is 0.393 e. The lowest BCUT2D eigenvalue weighted by Gasteiger charge is -2.63. The fraction of sp³-hybridized carbons (Fsp3) is 0.962. The molecule has 0 bridgehead atoms. The first-order valence-electron chi connectivity index (χ1n) is 12.3. The highest BCUT2D eigenvalue weighted by Crippen LogP contribution is 2.69. The molecule has 28 heavy (non-hydrogen) atoms. The lowest BCUT2D eigenvalue weighted by Crippen LogP contribution is -2.56. The summed E-state index contributed by atoms with van der Waals surface area (Å²) in [5.41, 5.74) is 0.957. The minimum absolute atomic E-state index is 0.0475. The molecule has 4 aliphatic carbocycles. The van der Waals surface area contributed by atoms with E-state index in [9.17, 15) is 9.90 Å². The molecule has 0 aliphatic heterocycles. The Labute approximate surface area is 173 Å². The Hall–Kier alpha value is -0.370. The summed E-state index contributed by atoms with van der Waals surface area (Å²) in [6, 6.07) is 0. The van der Waals surface area contributed by atoms with Crippen molar-refractivity contribution in [2.75, 3.05) is 0 Å². The van der Waals surface area contributed by atoms with Crippen molar-refractivity contribution in [1.29, 1.82) is 0 Å². The molecule has 0 aromatic carbocycles. The van der Waals surface area contributed by atoms with Gasteiger partial charge in [-0.3, -0.25) is 0 Å². The standard InChI is InChI=1S/C26H44O2/c1-16(6-7-18(3)27)21-8-9-22-24-17(2)14-19-15-20(28)10-12-25(19,4)23(24)11-13-26(21,22)5/h16-17,19-24,28H,6-15H2,1-5H3/t16-,17-,19?,20-,21?,22+,23+,24?,25?,26?/m1/s1. The Morgan fingerprint density at radius 2 is 1.71 bits per heavy atom. The van der Waals surface area contributed by atoms with E-state index in [1.165, 1.54) is 38.5 Å². The van der Waals surface area contributed by atoms with Gasteiger partial charge in [-0.05, 0) is 117 Å². The summed E-state index contributed by atoms with van der Waals surface area (Å²) < 4.78 is 0. The number of carbonyl (C=O) groups excluding carboxylic acids is 1. The number of fused-ring (bicyclic) bond motifs is 5. The van der Waals surface area contributed by atoms with Crippen molar-refractivity contribution >= 4 is 5.78 Å². The van der Waals surface area contributed by atoms with Crippen LogP contribution in [0.25, 0.3) is 0 Å². The van der Waals surface area contributed by atoms with Crippen molar-refractivity contribution in [3.8, 4) is 0 Å². The van der Waals surface area contributed by atoms with E-state index >= 15 is 0 Å². The summed E-state index contributed by atoms with van der Waals surface area (Å²) in [6.07, 6.45) is 12.1. The predicted molar refractivity (Wildman–Crippen MR) is 115 cm³/mol. The van der Waals surface area contributed by atoms with E-state index in [1.54, 1.807) is 6.92 Å². The summed E-state index contributed by atoms with van der Waals surface area (Å²) >= 11 is 0. The van der Waals surface area contributed by atoms with Crippen LogP contribution in [0.5, 0.6) is 0 Å². The van der Waals surface area contributed by atoms with Gasteiger partial charge in [0.25, 0.3) is 0 Å². The highest BCUT2D eigenvalue weighted by molar-refractivity contribution is 5.75. The monoisotopic (exact) mass is 388 g/mol. The molecule has 2 nitrogen and oxygen atoms in total. The van der Waals surface area contributed by atoms with Gasteiger partial charge in [0.15, 0.2) is 0 Å². The topological polar surface area (TPSA) is 37.3 Å². The molecule has 4 rings (SSSR count). The Bertz CT molecular complexity index is 599. The van der Waals surface area contributed by atoms with Gasteiger partial charge >= 0.3 is 0 Å². The van der Waals surface area contributed by atoms with Crippen LogP contribution in [0.1, 0.15) is 98.8 Å². The number of hydrogen-bond acceptors (Lipinski definition) is 2. The molecule has 4 fully saturated rings. The Morgan fingerprint density at radius 1 is 1.04 bits per heavy atom. The minimum Gasteiger partial charge on any atom is -0.393 e. The Balaban J connectivity index is 1.55. The van der Waals surface area contributed by atoms with Gasteiger partial charge in [0, 0.05) is 6.42 Å². The molecule has 0 aromatic heterocycles. The van der Waals surface area contributed by atoms with E-state index in [4.69, 9.17) is 0 Å². The summed E-state index contributed by atoms with van der Waals surface area (Å²) in [5.74, 6) is 6.04. The molecule has 5 unspecified atom stereocenters. The summed E-state index contributed by atoms with van der Waals surface area (Å²) in [6.45, 7) is 11.9. The molecule has 0 aromatic rings. The molecule has 10 atom stereocenters. The third-order valence-corrected chi connectivity index (χ3v) is 10.7. The van der Waals surface area contributed by atoms with E-state index in [-0.39, 0.29) is 6.10 Å². The van der Waals surface area contributed by atoms with Gasteiger partial charge in [0.05, 0.1) is 6.10 Å². The number of Topliss-reactive ketones (excluding diaryl/α,β-unsaturated/α-hetero) is 1. The zero-order chi connectivity index (χ0) is 20.3. The lowest BCUT2D eigenvalue weighted by molar-refractivity contribution is -0.150. The number of aliphatic hydroxyl groups is 1. The third-order valence-electron chi connectivity index (χ3n) is 10.7. The second-order valence-electron chi connectivity index (χ2n) is 12.1. The maximum absolute atomic E-state index is 11.5. The first kappa shape index (κ1) is 20.9. The van der Waals surface area contributed by atoms with Crippen LogP contribution < -0.4 is 0 Å². The Morgan fingerprint density at radius 3 is 2.43 bits per heavy atom. The van der Waals surface area contributed by atoms with Gasteiger partial charge in [0.2, 0.25) is 0 Å². The SMILES string of the molecule is CC(=O)CC[C@@H](C)C1CC[C@H]2C3[C@H](C)CC4C[C@H](O)CCC4(C)[C@H]3CCC12C. The first-order valence-corrected chi connectivity index (χ1v) is 12.3. The molecule has 0 heterocycles. The lowest BCUT2D eigenvalue weighted by atomic mass is 9.42. The molecule has 160 valence electrons. The van der Waals surface area contributed by atoms with Gasteiger partial charge in [-0.15, -0.1) is 0 Å². The molecule has 4 aliphatic rings. The van der Waals surface area contributed by atoms with Crippen molar-refractivity contribution in [2.45, 2.75) is 105 Å². The van der Waals surface area contributed by atoms with Gasteiger partial charge in [-0.2, -0.15) is 0 Å². The quantitative estimate of drug-likeness (QED) is 0.617. The maximum atomic E-state index is 11.5. The summed E-state index contributed by atoms with van der Waals surface area (Å²) in [4.78, 5) is 11.5. The van der Waals surface area contributed by atoms with Gasteiger partial charge in [-0.25, -0.2) is 0 Å². The normalized spacial score (nSPS) is 51.7. The second kappa shape index (κ2) is 7.40. The van der Waals surface area contributed by atoms with Crippen LogP contribution in [0.2, 0.25) is 0 Å². The maximum Gasteiger partial charge on any atom is 0.129 e. The highest BCUT2D eigenvalue weighted by Gasteiger charge is 2.62. The van der Waals surface area contributed by atoms with Crippen molar-refractivity contribution in [3.05, 3.63) is 0 Å². The molecule has 4 saturated carbocycles. The molecule has 0 spiro atoms. The number of hydrogen-bond donors (Lipinski definition) is 1. The van der Waals surface area contributed by atoms with E-state index in [0.29, 0.717) is 22.5 Å². The van der Waals surface area contributed by atoms with Gasteiger partial charge in [-0.1, -0.05) is 27.7 Å². The van der Waals surface area contributed by atoms with Crippen molar-refractivity contribution < 1.29 is 9.90 Å². The smallest absolute Gasteiger partial charge is 0.129 e. The van der Waals surface area contributed by atoms with E-state index in [0.717, 1.165) is 61.2 Å². The average molecular weight is 389 g/mol. The van der Waals surface area contributed by atoms with Crippen molar-refractivity contribution in [3.63, 3.8) is 0 Å². The van der Waals surface area contributed by atoms with Crippen LogP contribution in [0.3, 0.4) is 0 Å². The fourth-order valence-electron chi connectivity index (χ4n) is 9.22. The van der Waals surface area contributed by atoms with Crippen LogP contribution >= 0.6 is 0 Å². The predicted octanol–water partition coefficient (Wildman–Crippen LogP) is 6.26. The molecule has 0 saturated heterocycles. The van der Waals surface area contributed by atoms with Crippen LogP contribution in [-0.2, 0) is 4.79 Å². The zero-order valence-electron chi connectivity index (χ0n) is 19.0. The van der Waals surface area contributed by atoms with E-state index < -0.39 is 0 Å². The van der Waals surface area contributed by atoms with Crippen molar-refractivity contribution in [1.82, 2.24) is 0 Å². The molecule has 0 radical (unpaired) electrons. The second-order valence-corrected chi connectivity index (χ2v) is 12.1. The summed E-state index contributed by atoms with van der Waals surface area (Å²) in [7, 11) is 0. The Kier molecular flexibility index (Phi) is 5.52. The molecule has 1 N–H and O–H groups in total. The number of carbonyl (C=O) groups is 1. The first-order chi connectivity index (χ1) is 13.2. The van der Waals surface area contributed by atoms with Crippen LogP contribution in [0.4, 0.5) is 0 Å². The number of rotatable bonds is 4. The highest BCUT2D eigenvalue weighted by atomic mass is 16.3. The fourth-order valence-corrected chi connectivity index (χ4v) is 9.22. The average Bonchev–Trinajstić information content (AvgIpc) is 2.98. The molecular formula is C26H44O2. The van der Waals surface area contributed by atoms with Crippen LogP contribution in [0.15, 0.2) is 0 Å². The van der Waals surface area contributed by atoms with E-state index in [1.807, 2.05) is 0 Å². The zero-order valence-corrected chi connectivity index (χ0v) is 19.0. The number of ketones is 1. The van der Waals surface area contributed by atoms with Gasteiger partial charge < -0.3 is 9.90 Å². The summed E-state index contributed by atoms with van der Waals surface area (Å²) in [5, 5.41) is 10.3. The van der Waals surface area contributed by atoms with Gasteiger partial charge in [0.1, 0.15) is 5.78 Å². The van der Waals surface area contributed by atoms with Crippen LogP contribution in [0, 0.1) is 52.3 Å². The van der Waals surface area contributed by atoms with Crippen LogP contribution in [-0.4, -0.2) is 17.0 Å². The molecular weight excluding hydrogens is 344 g/mol. The minimum atomic E-state index is -0.0475. The molecule has 2 heteroatoms. The number of aliphatic hydroxyl groups excluding tert-OH is 1.